The molecule has 0 spiro atoms. The van der Waals surface area contributed by atoms with Crippen LogP contribution in [0.1, 0.15) is 21.5 Å². The highest BCUT2D eigenvalue weighted by Gasteiger charge is 2.17. The largest absolute Gasteiger partial charge is 0.508 e. The molecule has 0 bridgehead atoms. The van der Waals surface area contributed by atoms with Crippen LogP contribution < -0.4 is 0 Å². The molecule has 0 aliphatic carbocycles. The van der Waals surface area contributed by atoms with Crippen molar-refractivity contribution in [1.29, 1.82) is 0 Å². The van der Waals surface area contributed by atoms with Gasteiger partial charge in [-0.2, -0.15) is 0 Å². The second-order valence-electron chi connectivity index (χ2n) is 5.53. The number of hydrogen-bond donors (Lipinski definition) is 3. The molecule has 0 atom stereocenters. The maximum Gasteiger partial charge on any atom is 0.337 e. The minimum Gasteiger partial charge on any atom is -0.508 e. The molecule has 24 heavy (non-hydrogen) atoms. The summed E-state index contributed by atoms with van der Waals surface area (Å²) in [5.74, 6) is -1.89. The third-order valence-electron chi connectivity index (χ3n) is 3.84. The van der Waals surface area contributed by atoms with Gasteiger partial charge >= 0.3 is 11.9 Å². The first-order chi connectivity index (χ1) is 11.5. The minimum atomic E-state index is -1.06. The van der Waals surface area contributed by atoms with Crippen LogP contribution in [0.4, 0.5) is 0 Å². The predicted molar refractivity (Wildman–Crippen MR) is 87.4 cm³/mol. The molecule has 1 heterocycles. The lowest BCUT2D eigenvalue weighted by atomic mass is 10.1. The lowest BCUT2D eigenvalue weighted by molar-refractivity contribution is -0.136. The van der Waals surface area contributed by atoms with Crippen LogP contribution in [0.3, 0.4) is 0 Å². The van der Waals surface area contributed by atoms with Crippen molar-refractivity contribution in [3.8, 4) is 5.75 Å². The summed E-state index contributed by atoms with van der Waals surface area (Å²) in [6.45, 7) is 0.376. The van der Waals surface area contributed by atoms with Crippen LogP contribution in [0.2, 0.25) is 0 Å². The average molecular weight is 325 g/mol. The minimum absolute atomic E-state index is 0.128. The molecule has 0 fully saturated rings. The topological polar surface area (TPSA) is 99.8 Å². The Labute approximate surface area is 137 Å². The van der Waals surface area contributed by atoms with Gasteiger partial charge in [0.15, 0.2) is 0 Å². The summed E-state index contributed by atoms with van der Waals surface area (Å²) in [5, 5.41) is 28.5. The number of carboxylic acids is 2. The molecule has 0 unspecified atom stereocenters. The molecule has 0 aliphatic rings. The summed E-state index contributed by atoms with van der Waals surface area (Å²) in [4.78, 5) is 22.6. The Morgan fingerprint density at radius 2 is 1.71 bits per heavy atom. The molecule has 0 aliphatic heterocycles. The molecule has 6 heteroatoms. The van der Waals surface area contributed by atoms with Crippen LogP contribution in [0.25, 0.3) is 10.9 Å². The summed E-state index contributed by atoms with van der Waals surface area (Å²) in [6, 6.07) is 11.4. The first kappa shape index (κ1) is 15.6. The van der Waals surface area contributed by atoms with Crippen LogP contribution in [0.5, 0.6) is 5.75 Å². The van der Waals surface area contributed by atoms with E-state index < -0.39 is 11.9 Å². The summed E-state index contributed by atoms with van der Waals surface area (Å²) < 4.78 is 1.74. The van der Waals surface area contributed by atoms with E-state index in [4.69, 9.17) is 5.11 Å². The highest BCUT2D eigenvalue weighted by molar-refractivity contribution is 6.04. The second kappa shape index (κ2) is 6.08. The van der Waals surface area contributed by atoms with E-state index in [1.165, 1.54) is 6.07 Å². The zero-order valence-electron chi connectivity index (χ0n) is 12.6. The Morgan fingerprint density at radius 1 is 1.00 bits per heavy atom. The fraction of sp³-hybridized carbons (Fsp3) is 0.111. The van der Waals surface area contributed by atoms with Gasteiger partial charge in [0.05, 0.1) is 17.5 Å². The Morgan fingerprint density at radius 3 is 2.33 bits per heavy atom. The van der Waals surface area contributed by atoms with Crippen molar-refractivity contribution in [2.75, 3.05) is 0 Å². The van der Waals surface area contributed by atoms with E-state index >= 15 is 0 Å². The molecule has 2 aromatic carbocycles. The number of phenols is 1. The molecular formula is C18H15NO5. The van der Waals surface area contributed by atoms with Gasteiger partial charge in [0.25, 0.3) is 0 Å². The Balaban J connectivity index is 2.16. The van der Waals surface area contributed by atoms with Crippen molar-refractivity contribution in [2.45, 2.75) is 13.0 Å². The van der Waals surface area contributed by atoms with Crippen molar-refractivity contribution >= 4 is 22.8 Å². The molecular weight excluding hydrogens is 310 g/mol. The number of carboxylic acid groups (broad SMARTS) is 2. The van der Waals surface area contributed by atoms with Gasteiger partial charge in [0, 0.05) is 18.1 Å². The molecule has 0 saturated heterocycles. The molecule has 3 aromatic rings. The van der Waals surface area contributed by atoms with Gasteiger partial charge < -0.3 is 19.9 Å². The lowest BCUT2D eigenvalue weighted by Gasteiger charge is -2.08. The summed E-state index contributed by atoms with van der Waals surface area (Å²) >= 11 is 0. The van der Waals surface area contributed by atoms with Crippen molar-refractivity contribution in [3.63, 3.8) is 0 Å². The number of aliphatic carboxylic acids is 1. The van der Waals surface area contributed by atoms with Gasteiger partial charge in [-0.1, -0.05) is 24.3 Å². The van der Waals surface area contributed by atoms with Gasteiger partial charge in [-0.15, -0.1) is 0 Å². The molecule has 0 saturated carbocycles. The molecule has 122 valence electrons. The van der Waals surface area contributed by atoms with Gasteiger partial charge in [-0.3, -0.25) is 4.79 Å². The van der Waals surface area contributed by atoms with E-state index in [-0.39, 0.29) is 17.7 Å². The standard InChI is InChI=1S/C18H15NO5/c20-13-6-4-11(5-7-13)9-19-10-12(8-16(21)22)14-2-1-3-15(17(14)19)18(23)24/h1-7,10,20H,8-9H2,(H,21,22)(H,23,24). The van der Waals surface area contributed by atoms with Crippen molar-refractivity contribution < 1.29 is 24.9 Å². The van der Waals surface area contributed by atoms with E-state index in [0.29, 0.717) is 23.0 Å². The Bertz CT molecular complexity index is 924. The molecule has 3 rings (SSSR count). The van der Waals surface area contributed by atoms with Gasteiger partial charge in [-0.25, -0.2) is 4.79 Å². The quantitative estimate of drug-likeness (QED) is 0.670. The van der Waals surface area contributed by atoms with Gasteiger partial charge in [-0.05, 0) is 29.3 Å². The summed E-state index contributed by atoms with van der Waals surface area (Å²) in [6.07, 6.45) is 1.50. The first-order valence-corrected chi connectivity index (χ1v) is 7.29. The number of carbonyl (C=O) groups is 2. The van der Waals surface area contributed by atoms with Crippen LogP contribution in [-0.4, -0.2) is 31.8 Å². The highest BCUT2D eigenvalue weighted by atomic mass is 16.4. The molecule has 3 N–H and O–H groups in total. The number of phenolic OH excluding ortho intramolecular Hbond substituents is 1. The first-order valence-electron chi connectivity index (χ1n) is 7.29. The number of aromatic carboxylic acids is 1. The van der Waals surface area contributed by atoms with Crippen LogP contribution >= 0.6 is 0 Å². The van der Waals surface area contributed by atoms with E-state index in [1.807, 2.05) is 0 Å². The van der Waals surface area contributed by atoms with Crippen molar-refractivity contribution in [2.24, 2.45) is 0 Å². The fourth-order valence-electron chi connectivity index (χ4n) is 2.83. The van der Waals surface area contributed by atoms with E-state index in [1.54, 1.807) is 47.2 Å². The monoisotopic (exact) mass is 325 g/mol. The van der Waals surface area contributed by atoms with Crippen LogP contribution in [-0.2, 0) is 17.8 Å². The van der Waals surface area contributed by atoms with Crippen molar-refractivity contribution in [3.05, 3.63) is 65.4 Å². The van der Waals surface area contributed by atoms with Crippen LogP contribution in [0, 0.1) is 0 Å². The Kier molecular flexibility index (Phi) is 3.95. The number of aromatic nitrogens is 1. The average Bonchev–Trinajstić information content (AvgIpc) is 2.86. The third kappa shape index (κ3) is 2.94. The fourth-order valence-corrected chi connectivity index (χ4v) is 2.83. The zero-order valence-corrected chi connectivity index (χ0v) is 12.6. The number of rotatable bonds is 5. The van der Waals surface area contributed by atoms with Gasteiger partial charge in [0.1, 0.15) is 5.75 Å². The molecule has 1 aromatic heterocycles. The lowest BCUT2D eigenvalue weighted by Crippen LogP contribution is -2.04. The highest BCUT2D eigenvalue weighted by Crippen LogP contribution is 2.27. The van der Waals surface area contributed by atoms with E-state index in [2.05, 4.69) is 0 Å². The third-order valence-corrected chi connectivity index (χ3v) is 3.84. The molecule has 0 amide bonds. The maximum atomic E-state index is 11.5. The smallest absolute Gasteiger partial charge is 0.337 e. The number of nitrogens with zero attached hydrogens (tertiary/aromatic N) is 1. The molecule has 0 radical (unpaired) electrons. The normalized spacial score (nSPS) is 10.8. The number of aromatic hydroxyl groups is 1. The predicted octanol–water partition coefficient (Wildman–Crippen LogP) is 2.72. The summed E-state index contributed by atoms with van der Waals surface area (Å²) in [5.41, 5.74) is 2.06. The number of fused-ring (bicyclic) bond motifs is 1. The van der Waals surface area contributed by atoms with E-state index in [9.17, 15) is 19.8 Å². The van der Waals surface area contributed by atoms with Crippen molar-refractivity contribution in [1.82, 2.24) is 4.57 Å². The van der Waals surface area contributed by atoms with Crippen LogP contribution in [0.15, 0.2) is 48.7 Å². The summed E-state index contributed by atoms with van der Waals surface area (Å²) in [7, 11) is 0. The Hall–Kier alpha value is -3.28. The number of para-hydroxylation sites is 1. The van der Waals surface area contributed by atoms with E-state index in [0.717, 1.165) is 5.56 Å². The zero-order chi connectivity index (χ0) is 17.3. The maximum absolute atomic E-state index is 11.5. The second-order valence-corrected chi connectivity index (χ2v) is 5.53. The molecule has 6 nitrogen and oxygen atoms in total. The SMILES string of the molecule is O=C(O)Cc1cn(Cc2ccc(O)cc2)c2c(C(=O)O)cccc12. The number of hydrogen-bond acceptors (Lipinski definition) is 3. The number of benzene rings is 2. The van der Waals surface area contributed by atoms with Gasteiger partial charge in [0.2, 0.25) is 0 Å².